The summed E-state index contributed by atoms with van der Waals surface area (Å²) in [7, 11) is 0. The summed E-state index contributed by atoms with van der Waals surface area (Å²) in [5.41, 5.74) is 0.682. The number of hydrogen-bond donors (Lipinski definition) is 1. The van der Waals surface area contributed by atoms with Crippen molar-refractivity contribution in [2.75, 3.05) is 0 Å². The minimum Gasteiger partial charge on any atom is -0.506 e. The molecule has 0 bridgehead atoms. The molecule has 2 rings (SSSR count). The fourth-order valence-electron chi connectivity index (χ4n) is 1.37. The van der Waals surface area contributed by atoms with Crippen LogP contribution in [0.15, 0.2) is 29.8 Å². The predicted octanol–water partition coefficient (Wildman–Crippen LogP) is -1.32. The Bertz CT molecular complexity index is 471. The number of nitriles is 1. The largest absolute Gasteiger partial charge is 1.00 e. The quantitative estimate of drug-likeness (QED) is 0.521. The van der Waals surface area contributed by atoms with Crippen LogP contribution >= 0.6 is 0 Å². The molecule has 0 aromatic heterocycles. The monoisotopic (exact) mass is 194 g/mol. The fourth-order valence-corrected chi connectivity index (χ4v) is 1.37. The normalized spacial score (nSPS) is 13.2. The summed E-state index contributed by atoms with van der Waals surface area (Å²) >= 11 is 0. The van der Waals surface area contributed by atoms with Gasteiger partial charge >= 0.3 is 29.6 Å². The second kappa shape index (κ2) is 3.97. The van der Waals surface area contributed by atoms with Gasteiger partial charge in [0.2, 0.25) is 5.78 Å². The van der Waals surface area contributed by atoms with Crippen LogP contribution in [0.1, 0.15) is 15.9 Å². The summed E-state index contributed by atoms with van der Waals surface area (Å²) in [6, 6.07) is 8.31. The van der Waals surface area contributed by atoms with E-state index in [1.807, 2.05) is 0 Å². The van der Waals surface area contributed by atoms with E-state index in [9.17, 15) is 9.90 Å². The van der Waals surface area contributed by atoms with Gasteiger partial charge in [0.05, 0.1) is 0 Å². The van der Waals surface area contributed by atoms with Gasteiger partial charge in [0, 0.05) is 11.1 Å². The number of Topliss-reactive ketones (excluding diaryl/α,β-unsaturated/α-hetero) is 1. The SMILES string of the molecule is N#CC1=C(O)c2ccccc2C1=O.[Na+]. The van der Waals surface area contributed by atoms with Crippen LogP contribution in [0, 0.1) is 11.3 Å². The number of rotatable bonds is 0. The van der Waals surface area contributed by atoms with Gasteiger partial charge in [-0.25, -0.2) is 0 Å². The standard InChI is InChI=1S/C10H5NO2.Na/c11-5-8-9(12)6-3-1-2-4-7(6)10(8)13;/h1-4,12H;/q;+1. The van der Waals surface area contributed by atoms with Gasteiger partial charge in [0.1, 0.15) is 17.4 Å². The molecule has 0 saturated carbocycles. The molecule has 0 atom stereocenters. The zero-order chi connectivity index (χ0) is 9.42. The molecule has 0 spiro atoms. The van der Waals surface area contributed by atoms with Gasteiger partial charge in [0.25, 0.3) is 0 Å². The van der Waals surface area contributed by atoms with Gasteiger partial charge in [0.15, 0.2) is 0 Å². The van der Waals surface area contributed by atoms with E-state index in [-0.39, 0.29) is 40.9 Å². The molecule has 3 nitrogen and oxygen atoms in total. The second-order valence-electron chi connectivity index (χ2n) is 2.71. The van der Waals surface area contributed by atoms with Gasteiger partial charge in [-0.05, 0) is 0 Å². The van der Waals surface area contributed by atoms with E-state index < -0.39 is 5.78 Å². The van der Waals surface area contributed by atoms with Crippen molar-refractivity contribution < 1.29 is 39.5 Å². The Hall–Kier alpha value is -1.08. The van der Waals surface area contributed by atoms with Crippen LogP contribution in [0.5, 0.6) is 0 Å². The summed E-state index contributed by atoms with van der Waals surface area (Å²) in [5, 5.41) is 18.0. The van der Waals surface area contributed by atoms with E-state index in [4.69, 9.17) is 5.26 Å². The van der Waals surface area contributed by atoms with Crippen LogP contribution in [0.3, 0.4) is 0 Å². The van der Waals surface area contributed by atoms with Crippen molar-refractivity contribution >= 4 is 11.5 Å². The summed E-state index contributed by atoms with van der Waals surface area (Å²) in [4.78, 5) is 11.4. The maximum absolute atomic E-state index is 11.4. The molecule has 0 saturated heterocycles. The molecular formula is C10H5NNaO2+. The third kappa shape index (κ3) is 1.38. The number of carbonyl (C=O) groups is 1. The van der Waals surface area contributed by atoms with Gasteiger partial charge in [-0.3, -0.25) is 4.79 Å². The Labute approximate surface area is 103 Å². The predicted molar refractivity (Wildman–Crippen MR) is 45.9 cm³/mol. The Kier molecular flexibility index (Phi) is 3.12. The van der Waals surface area contributed by atoms with Crippen LogP contribution in [-0.2, 0) is 0 Å². The molecule has 0 radical (unpaired) electrons. The van der Waals surface area contributed by atoms with Gasteiger partial charge in [-0.2, -0.15) is 5.26 Å². The van der Waals surface area contributed by atoms with Crippen LogP contribution in [-0.4, -0.2) is 10.9 Å². The topological polar surface area (TPSA) is 61.1 Å². The number of carbonyl (C=O) groups excluding carboxylic acids is 1. The maximum atomic E-state index is 11.4. The summed E-state index contributed by atoms with van der Waals surface area (Å²) in [5.74, 6) is -0.598. The Morgan fingerprint density at radius 3 is 2.29 bits per heavy atom. The van der Waals surface area contributed by atoms with E-state index in [1.54, 1.807) is 30.3 Å². The van der Waals surface area contributed by atoms with Gasteiger partial charge in [-0.15, -0.1) is 0 Å². The number of hydrogen-bond acceptors (Lipinski definition) is 3. The third-order valence-corrected chi connectivity index (χ3v) is 2.00. The van der Waals surface area contributed by atoms with Crippen molar-refractivity contribution in [2.24, 2.45) is 0 Å². The molecular weight excluding hydrogens is 189 g/mol. The minimum atomic E-state index is -0.393. The number of allylic oxidation sites excluding steroid dienone is 1. The number of aliphatic hydroxyl groups is 1. The zero-order valence-electron chi connectivity index (χ0n) is 7.61. The zero-order valence-corrected chi connectivity index (χ0v) is 9.61. The van der Waals surface area contributed by atoms with E-state index in [0.717, 1.165) is 0 Å². The minimum absolute atomic E-state index is 0. The molecule has 14 heavy (non-hydrogen) atoms. The van der Waals surface area contributed by atoms with E-state index in [1.165, 1.54) is 0 Å². The molecule has 1 aliphatic rings. The fraction of sp³-hybridized carbons (Fsp3) is 0. The third-order valence-electron chi connectivity index (χ3n) is 2.00. The molecule has 1 aromatic carbocycles. The second-order valence-corrected chi connectivity index (χ2v) is 2.71. The number of nitrogens with zero attached hydrogens (tertiary/aromatic N) is 1. The number of fused-ring (bicyclic) bond motifs is 1. The van der Waals surface area contributed by atoms with E-state index in [2.05, 4.69) is 0 Å². The van der Waals surface area contributed by atoms with Crippen LogP contribution in [0.4, 0.5) is 0 Å². The molecule has 4 heteroatoms. The van der Waals surface area contributed by atoms with Gasteiger partial charge < -0.3 is 5.11 Å². The van der Waals surface area contributed by atoms with Crippen molar-refractivity contribution in [3.63, 3.8) is 0 Å². The average Bonchev–Trinajstić information content (AvgIpc) is 2.41. The van der Waals surface area contributed by atoms with Crippen LogP contribution in [0.25, 0.3) is 5.76 Å². The first-order valence-electron chi connectivity index (χ1n) is 3.73. The molecule has 0 heterocycles. The number of ketones is 1. The summed E-state index contributed by atoms with van der Waals surface area (Å²) < 4.78 is 0. The molecule has 0 fully saturated rings. The molecule has 1 aliphatic carbocycles. The van der Waals surface area contributed by atoms with Crippen LogP contribution < -0.4 is 29.6 Å². The Morgan fingerprint density at radius 2 is 1.79 bits per heavy atom. The Balaban J connectivity index is 0.000000980. The summed E-state index contributed by atoms with van der Waals surface area (Å²) in [6.07, 6.45) is 0. The number of benzene rings is 1. The molecule has 0 aliphatic heterocycles. The van der Waals surface area contributed by atoms with Crippen molar-refractivity contribution in [2.45, 2.75) is 0 Å². The molecule has 1 aromatic rings. The van der Waals surface area contributed by atoms with E-state index >= 15 is 0 Å². The first kappa shape index (κ1) is 11.0. The maximum Gasteiger partial charge on any atom is 1.00 e. The Morgan fingerprint density at radius 1 is 1.21 bits per heavy atom. The first-order chi connectivity index (χ1) is 6.25. The smallest absolute Gasteiger partial charge is 0.506 e. The molecule has 62 valence electrons. The molecule has 0 amide bonds. The van der Waals surface area contributed by atoms with Gasteiger partial charge in [-0.1, -0.05) is 24.3 Å². The number of aliphatic hydroxyl groups excluding tert-OH is 1. The van der Waals surface area contributed by atoms with Crippen LogP contribution in [0.2, 0.25) is 0 Å². The van der Waals surface area contributed by atoms with Crippen molar-refractivity contribution in [1.29, 1.82) is 5.26 Å². The first-order valence-corrected chi connectivity index (χ1v) is 3.73. The van der Waals surface area contributed by atoms with E-state index in [0.29, 0.717) is 11.1 Å². The van der Waals surface area contributed by atoms with Crippen molar-refractivity contribution in [3.05, 3.63) is 41.0 Å². The molecule has 1 N–H and O–H groups in total. The summed E-state index contributed by atoms with van der Waals surface area (Å²) in [6.45, 7) is 0. The average molecular weight is 194 g/mol. The van der Waals surface area contributed by atoms with Crippen molar-refractivity contribution in [3.8, 4) is 6.07 Å². The molecule has 0 unspecified atom stereocenters. The van der Waals surface area contributed by atoms with Crippen molar-refractivity contribution in [1.82, 2.24) is 0 Å².